The fourth-order valence-electron chi connectivity index (χ4n) is 2.59. The van der Waals surface area contributed by atoms with Crippen LogP contribution in [0.3, 0.4) is 0 Å². The highest BCUT2D eigenvalue weighted by Crippen LogP contribution is 2.02. The standard InChI is InChI=1S/C20H29N5O6/c1-11(24-19(29)14(21)10-13-6-4-3-5-7-13)17(27)23-12(2)18(28)25-15(20(30)31)8-9-16(22)26/h3-7,11-12,14-15H,8-10,21H2,1-2H3,(H2,22,26)(H,23,27)(H,24,29)(H,25,28)(H,30,31). The second-order valence-electron chi connectivity index (χ2n) is 7.16. The zero-order valence-corrected chi connectivity index (χ0v) is 17.5. The fraction of sp³-hybridized carbons (Fsp3) is 0.450. The molecule has 8 N–H and O–H groups in total. The van der Waals surface area contributed by atoms with Gasteiger partial charge in [0.05, 0.1) is 6.04 Å². The number of aliphatic carboxylic acids is 1. The van der Waals surface area contributed by atoms with Gasteiger partial charge in [-0.1, -0.05) is 30.3 Å². The molecule has 4 atom stereocenters. The van der Waals surface area contributed by atoms with Crippen LogP contribution < -0.4 is 27.4 Å². The molecule has 31 heavy (non-hydrogen) atoms. The van der Waals surface area contributed by atoms with Gasteiger partial charge in [0.1, 0.15) is 18.1 Å². The van der Waals surface area contributed by atoms with Gasteiger partial charge in [-0.25, -0.2) is 4.79 Å². The van der Waals surface area contributed by atoms with Gasteiger partial charge in [-0.05, 0) is 32.3 Å². The summed E-state index contributed by atoms with van der Waals surface area (Å²) in [5.74, 6) is -3.96. The van der Waals surface area contributed by atoms with Crippen molar-refractivity contribution in [1.29, 1.82) is 0 Å². The third-order valence-corrected chi connectivity index (χ3v) is 4.43. The number of hydrogen-bond donors (Lipinski definition) is 6. The van der Waals surface area contributed by atoms with Crippen molar-refractivity contribution in [3.05, 3.63) is 35.9 Å². The van der Waals surface area contributed by atoms with Crippen molar-refractivity contribution in [1.82, 2.24) is 16.0 Å². The number of carbonyl (C=O) groups excluding carboxylic acids is 4. The Morgan fingerprint density at radius 3 is 1.94 bits per heavy atom. The monoisotopic (exact) mass is 435 g/mol. The maximum atomic E-state index is 12.3. The average Bonchev–Trinajstić information content (AvgIpc) is 2.70. The SMILES string of the molecule is CC(NC(=O)C(N)Cc1ccccc1)C(=O)NC(C)C(=O)NC(CCC(N)=O)C(=O)O. The maximum absolute atomic E-state index is 12.3. The van der Waals surface area contributed by atoms with Crippen LogP contribution in [0.25, 0.3) is 0 Å². The molecule has 4 unspecified atom stereocenters. The van der Waals surface area contributed by atoms with Gasteiger partial charge < -0.3 is 32.5 Å². The minimum absolute atomic E-state index is 0.178. The lowest BCUT2D eigenvalue weighted by Gasteiger charge is -2.21. The molecule has 0 bridgehead atoms. The molecule has 1 rings (SSSR count). The summed E-state index contributed by atoms with van der Waals surface area (Å²) in [5.41, 5.74) is 11.7. The van der Waals surface area contributed by atoms with Gasteiger partial charge >= 0.3 is 5.97 Å². The van der Waals surface area contributed by atoms with Crippen LogP contribution in [-0.2, 0) is 30.4 Å². The Balaban J connectivity index is 2.54. The van der Waals surface area contributed by atoms with Crippen LogP contribution in [0, 0.1) is 0 Å². The van der Waals surface area contributed by atoms with Gasteiger partial charge in [0.15, 0.2) is 0 Å². The molecule has 11 heteroatoms. The Morgan fingerprint density at radius 2 is 1.42 bits per heavy atom. The van der Waals surface area contributed by atoms with Gasteiger partial charge in [-0.2, -0.15) is 0 Å². The van der Waals surface area contributed by atoms with Crippen LogP contribution in [0.1, 0.15) is 32.3 Å². The summed E-state index contributed by atoms with van der Waals surface area (Å²) in [6, 6.07) is 4.91. The molecule has 4 amide bonds. The Bertz CT molecular complexity index is 801. The summed E-state index contributed by atoms with van der Waals surface area (Å²) in [5, 5.41) is 16.2. The van der Waals surface area contributed by atoms with Crippen molar-refractivity contribution in [2.45, 2.75) is 57.3 Å². The molecule has 1 aromatic carbocycles. The third kappa shape index (κ3) is 9.26. The lowest BCUT2D eigenvalue weighted by atomic mass is 10.1. The largest absolute Gasteiger partial charge is 0.480 e. The number of carboxylic acid groups (broad SMARTS) is 1. The number of hydrogen-bond acceptors (Lipinski definition) is 6. The minimum Gasteiger partial charge on any atom is -0.480 e. The minimum atomic E-state index is -1.33. The molecule has 0 aromatic heterocycles. The number of primary amides is 1. The molecule has 0 heterocycles. The zero-order valence-electron chi connectivity index (χ0n) is 17.5. The van der Waals surface area contributed by atoms with E-state index in [0.717, 1.165) is 5.56 Å². The molecule has 0 aliphatic carbocycles. The van der Waals surface area contributed by atoms with Gasteiger partial charge in [0.2, 0.25) is 23.6 Å². The van der Waals surface area contributed by atoms with Crippen molar-refractivity contribution in [3.63, 3.8) is 0 Å². The second-order valence-corrected chi connectivity index (χ2v) is 7.16. The summed E-state index contributed by atoms with van der Waals surface area (Å²) in [4.78, 5) is 58.7. The van der Waals surface area contributed by atoms with Crippen LogP contribution in [0.4, 0.5) is 0 Å². The van der Waals surface area contributed by atoms with E-state index in [1.54, 1.807) is 0 Å². The second kappa shape index (κ2) is 12.3. The quantitative estimate of drug-likeness (QED) is 0.227. The van der Waals surface area contributed by atoms with E-state index in [1.807, 2.05) is 30.3 Å². The summed E-state index contributed by atoms with van der Waals surface area (Å²) in [6.07, 6.45) is -0.102. The van der Waals surface area contributed by atoms with E-state index in [2.05, 4.69) is 16.0 Å². The predicted molar refractivity (Wildman–Crippen MR) is 111 cm³/mol. The number of rotatable bonds is 12. The number of carbonyl (C=O) groups is 5. The first-order valence-electron chi connectivity index (χ1n) is 9.73. The van der Waals surface area contributed by atoms with E-state index in [4.69, 9.17) is 16.6 Å². The number of nitrogens with two attached hydrogens (primary N) is 2. The molecule has 0 aliphatic heterocycles. The highest BCUT2D eigenvalue weighted by molar-refractivity contribution is 5.93. The zero-order chi connectivity index (χ0) is 23.6. The van der Waals surface area contributed by atoms with Gasteiger partial charge in [0.25, 0.3) is 0 Å². The number of benzene rings is 1. The fourth-order valence-corrected chi connectivity index (χ4v) is 2.59. The maximum Gasteiger partial charge on any atom is 0.326 e. The van der Waals surface area contributed by atoms with Crippen LogP contribution >= 0.6 is 0 Å². The van der Waals surface area contributed by atoms with Crippen LogP contribution in [0.5, 0.6) is 0 Å². The highest BCUT2D eigenvalue weighted by Gasteiger charge is 2.26. The Hall–Kier alpha value is -3.47. The normalized spacial score (nSPS) is 14.4. The van der Waals surface area contributed by atoms with Gasteiger partial charge in [-0.3, -0.25) is 19.2 Å². The summed E-state index contributed by atoms with van der Waals surface area (Å²) < 4.78 is 0. The molecule has 0 spiro atoms. The molecule has 0 radical (unpaired) electrons. The summed E-state index contributed by atoms with van der Waals surface area (Å²) in [7, 11) is 0. The lowest BCUT2D eigenvalue weighted by molar-refractivity contribution is -0.142. The van der Waals surface area contributed by atoms with Crippen molar-refractivity contribution >= 4 is 29.6 Å². The molecule has 0 saturated carbocycles. The smallest absolute Gasteiger partial charge is 0.326 e. The van der Waals surface area contributed by atoms with Gasteiger partial charge in [0, 0.05) is 6.42 Å². The molecule has 0 fully saturated rings. The molecule has 170 valence electrons. The van der Waals surface area contributed by atoms with E-state index >= 15 is 0 Å². The van der Waals surface area contributed by atoms with E-state index in [0.29, 0.717) is 6.42 Å². The summed E-state index contributed by atoms with van der Waals surface area (Å²) >= 11 is 0. The first kappa shape index (κ1) is 25.6. The van der Waals surface area contributed by atoms with E-state index in [9.17, 15) is 24.0 Å². The molecule has 11 nitrogen and oxygen atoms in total. The molecule has 0 aliphatic rings. The number of nitrogens with one attached hydrogen (secondary N) is 3. The van der Waals surface area contributed by atoms with Crippen LogP contribution in [0.15, 0.2) is 30.3 Å². The predicted octanol–water partition coefficient (Wildman–Crippen LogP) is -1.60. The van der Waals surface area contributed by atoms with Crippen molar-refractivity contribution in [2.24, 2.45) is 11.5 Å². The van der Waals surface area contributed by atoms with Crippen molar-refractivity contribution < 1.29 is 29.1 Å². The Morgan fingerprint density at radius 1 is 0.903 bits per heavy atom. The number of amides is 4. The van der Waals surface area contributed by atoms with Gasteiger partial charge in [-0.15, -0.1) is 0 Å². The van der Waals surface area contributed by atoms with E-state index in [1.165, 1.54) is 13.8 Å². The lowest BCUT2D eigenvalue weighted by Crippen LogP contribution is -2.55. The van der Waals surface area contributed by atoms with Crippen LogP contribution in [-0.4, -0.2) is 58.9 Å². The number of carboxylic acids is 1. The van der Waals surface area contributed by atoms with Crippen LogP contribution in [0.2, 0.25) is 0 Å². The Labute approximate surface area is 179 Å². The first-order chi connectivity index (χ1) is 14.5. The van der Waals surface area contributed by atoms with Crippen molar-refractivity contribution in [3.8, 4) is 0 Å². The van der Waals surface area contributed by atoms with E-state index < -0.39 is 53.8 Å². The topological polar surface area (TPSA) is 194 Å². The molecule has 1 aromatic rings. The molecular formula is C20H29N5O6. The summed E-state index contributed by atoms with van der Waals surface area (Å²) in [6.45, 7) is 2.79. The molecule has 0 saturated heterocycles. The first-order valence-corrected chi connectivity index (χ1v) is 9.73. The third-order valence-electron chi connectivity index (χ3n) is 4.43. The molecular weight excluding hydrogens is 406 g/mol. The Kier molecular flexibility index (Phi) is 10.1. The van der Waals surface area contributed by atoms with E-state index in [-0.39, 0.29) is 12.8 Å². The van der Waals surface area contributed by atoms with Crippen molar-refractivity contribution in [2.75, 3.05) is 0 Å². The average molecular weight is 435 g/mol. The highest BCUT2D eigenvalue weighted by atomic mass is 16.4.